The van der Waals surface area contributed by atoms with Crippen LogP contribution in [0.5, 0.6) is 11.5 Å². The van der Waals surface area contributed by atoms with E-state index >= 15 is 0 Å². The van der Waals surface area contributed by atoms with E-state index in [1.54, 1.807) is 48.5 Å². The molecular weight excluding hydrogens is 610 g/mol. The number of sulfonamides is 2. The maximum Gasteiger partial charge on any atom is 0.243 e. The standard InChI is InChI=1S/C31H45N3O6S2.ClH/c1-26-23-33(41(35,36)30-15-11-28(39-2)12-16-30)21-7-19-32(25-27-9-5-4-6-10-27)20-8-22-34(24-26)42(37,38)31-17-13-29(40-3)14-18-31;/h11-18,27H,1,4-10,19-25H2,2-3H3;1H. The van der Waals surface area contributed by atoms with E-state index in [9.17, 15) is 16.8 Å². The molecule has 2 fully saturated rings. The van der Waals surface area contributed by atoms with Crippen LogP contribution >= 0.6 is 12.4 Å². The van der Waals surface area contributed by atoms with E-state index in [1.807, 2.05) is 0 Å². The number of benzene rings is 2. The molecule has 4 rings (SSSR count). The van der Waals surface area contributed by atoms with E-state index in [2.05, 4.69) is 11.5 Å². The lowest BCUT2D eigenvalue weighted by Gasteiger charge is -2.33. The van der Waals surface area contributed by atoms with Gasteiger partial charge in [-0.25, -0.2) is 16.8 Å². The normalized spacial score (nSPS) is 19.5. The minimum atomic E-state index is -3.85. The van der Waals surface area contributed by atoms with Gasteiger partial charge in [0.25, 0.3) is 0 Å². The van der Waals surface area contributed by atoms with E-state index < -0.39 is 20.0 Å². The van der Waals surface area contributed by atoms with Crippen molar-refractivity contribution in [1.29, 1.82) is 0 Å². The van der Waals surface area contributed by atoms with Crippen molar-refractivity contribution < 1.29 is 26.3 Å². The number of methoxy groups -OCH3 is 2. The van der Waals surface area contributed by atoms with Crippen LogP contribution in [-0.2, 0) is 20.0 Å². The van der Waals surface area contributed by atoms with Crippen molar-refractivity contribution in [2.45, 2.75) is 54.7 Å². The van der Waals surface area contributed by atoms with Gasteiger partial charge >= 0.3 is 0 Å². The molecule has 1 heterocycles. The van der Waals surface area contributed by atoms with Gasteiger partial charge in [0.05, 0.1) is 24.0 Å². The number of hydrogen-bond donors (Lipinski definition) is 0. The molecule has 9 nitrogen and oxygen atoms in total. The molecule has 1 aliphatic heterocycles. The lowest BCUT2D eigenvalue weighted by Crippen LogP contribution is -2.42. The Kier molecular flexibility index (Phi) is 13.3. The maximum absolute atomic E-state index is 13.8. The monoisotopic (exact) mass is 655 g/mol. The quantitative estimate of drug-likeness (QED) is 0.368. The van der Waals surface area contributed by atoms with Gasteiger partial charge in [0.15, 0.2) is 0 Å². The van der Waals surface area contributed by atoms with Gasteiger partial charge in [0.1, 0.15) is 11.5 Å². The Morgan fingerprint density at radius 2 is 1.09 bits per heavy atom. The van der Waals surface area contributed by atoms with Crippen LogP contribution in [0, 0.1) is 5.92 Å². The van der Waals surface area contributed by atoms with E-state index in [1.165, 1.54) is 54.9 Å². The molecule has 1 saturated heterocycles. The zero-order valence-electron chi connectivity index (χ0n) is 25.3. The van der Waals surface area contributed by atoms with Gasteiger partial charge < -0.3 is 14.4 Å². The number of hydrogen-bond acceptors (Lipinski definition) is 7. The smallest absolute Gasteiger partial charge is 0.243 e. The second-order valence-electron chi connectivity index (χ2n) is 11.3. The highest BCUT2D eigenvalue weighted by Gasteiger charge is 2.30. The predicted octanol–water partition coefficient (Wildman–Crippen LogP) is 5.04. The molecule has 2 aromatic carbocycles. The fraction of sp³-hybridized carbons (Fsp3) is 0.548. The largest absolute Gasteiger partial charge is 0.497 e. The zero-order valence-corrected chi connectivity index (χ0v) is 27.8. The second-order valence-corrected chi connectivity index (χ2v) is 15.2. The highest BCUT2D eigenvalue weighted by molar-refractivity contribution is 7.89. The van der Waals surface area contributed by atoms with Gasteiger partial charge in [-0.15, -0.1) is 12.4 Å². The molecule has 43 heavy (non-hydrogen) atoms. The topological polar surface area (TPSA) is 96.5 Å². The van der Waals surface area contributed by atoms with Gasteiger partial charge in [-0.05, 0) is 98.8 Å². The van der Waals surface area contributed by atoms with Crippen LogP contribution in [0.2, 0.25) is 0 Å². The lowest BCUT2D eigenvalue weighted by molar-refractivity contribution is 0.188. The summed E-state index contributed by atoms with van der Waals surface area (Å²) in [5.74, 6) is 1.78. The summed E-state index contributed by atoms with van der Waals surface area (Å²) < 4.78 is 68.5. The Bertz CT molecular complexity index is 1280. The third kappa shape index (κ3) is 9.42. The Balaban J connectivity index is 0.00000506. The minimum absolute atomic E-state index is 0. The first-order valence-electron chi connectivity index (χ1n) is 14.8. The molecule has 0 N–H and O–H groups in total. The number of nitrogens with zero attached hydrogens (tertiary/aromatic N) is 3. The molecule has 1 aliphatic carbocycles. The number of halogens is 1. The summed E-state index contributed by atoms with van der Waals surface area (Å²) in [4.78, 5) is 2.75. The van der Waals surface area contributed by atoms with Crippen LogP contribution in [0.3, 0.4) is 0 Å². The van der Waals surface area contributed by atoms with Crippen LogP contribution in [0.25, 0.3) is 0 Å². The first-order valence-corrected chi connectivity index (χ1v) is 17.7. The van der Waals surface area contributed by atoms with Crippen LogP contribution in [0.15, 0.2) is 70.5 Å². The fourth-order valence-corrected chi connectivity index (χ4v) is 8.88. The molecule has 240 valence electrons. The highest BCUT2D eigenvalue weighted by Crippen LogP contribution is 2.26. The molecule has 2 aromatic rings. The molecule has 0 radical (unpaired) electrons. The van der Waals surface area contributed by atoms with Crippen molar-refractivity contribution in [1.82, 2.24) is 13.5 Å². The van der Waals surface area contributed by atoms with Crippen LogP contribution < -0.4 is 9.47 Å². The summed E-state index contributed by atoms with van der Waals surface area (Å²) >= 11 is 0. The molecule has 0 spiro atoms. The molecule has 0 unspecified atom stereocenters. The van der Waals surface area contributed by atoms with Gasteiger partial charge in [-0.3, -0.25) is 0 Å². The van der Waals surface area contributed by atoms with Crippen molar-refractivity contribution in [2.75, 3.05) is 60.0 Å². The summed E-state index contributed by atoms with van der Waals surface area (Å²) in [5.41, 5.74) is 0.517. The van der Waals surface area contributed by atoms with E-state index in [4.69, 9.17) is 9.47 Å². The molecule has 2 aliphatic rings. The molecule has 0 amide bonds. The number of rotatable bonds is 8. The van der Waals surface area contributed by atoms with E-state index in [0.29, 0.717) is 48.9 Å². The van der Waals surface area contributed by atoms with Crippen LogP contribution in [-0.4, -0.2) is 90.4 Å². The third-order valence-corrected chi connectivity index (χ3v) is 11.9. The number of ether oxygens (including phenoxy) is 2. The third-order valence-electron chi connectivity index (χ3n) is 8.20. The van der Waals surface area contributed by atoms with E-state index in [-0.39, 0.29) is 35.3 Å². The molecule has 0 atom stereocenters. The van der Waals surface area contributed by atoms with E-state index in [0.717, 1.165) is 19.6 Å². The van der Waals surface area contributed by atoms with Crippen molar-refractivity contribution in [3.05, 3.63) is 60.7 Å². The SMILES string of the molecule is C=C1CN(S(=O)(=O)c2ccc(OC)cc2)CCCN(CC2CCCCC2)CCCN(S(=O)(=O)c2ccc(OC)cc2)C1.Cl. The van der Waals surface area contributed by atoms with Crippen molar-refractivity contribution >= 4 is 32.5 Å². The summed E-state index contributed by atoms with van der Waals surface area (Å²) in [6, 6.07) is 12.7. The molecule has 0 bridgehead atoms. The second kappa shape index (κ2) is 16.2. The van der Waals surface area contributed by atoms with Crippen molar-refractivity contribution in [3.8, 4) is 11.5 Å². The molecule has 1 saturated carbocycles. The van der Waals surface area contributed by atoms with Crippen LogP contribution in [0.4, 0.5) is 0 Å². The van der Waals surface area contributed by atoms with Gasteiger partial charge in [0, 0.05) is 32.7 Å². The van der Waals surface area contributed by atoms with Crippen molar-refractivity contribution in [3.63, 3.8) is 0 Å². The summed E-state index contributed by atoms with van der Waals surface area (Å²) in [5, 5.41) is 0. The Hall–Kier alpha value is -2.15. The van der Waals surface area contributed by atoms with Crippen molar-refractivity contribution in [2.24, 2.45) is 5.92 Å². The van der Waals surface area contributed by atoms with Gasteiger partial charge in [0.2, 0.25) is 20.0 Å². The summed E-state index contributed by atoms with van der Waals surface area (Å²) in [6.07, 6.45) is 7.59. The average Bonchev–Trinajstić information content (AvgIpc) is 2.99. The first kappa shape index (κ1) is 35.3. The Morgan fingerprint density at radius 3 is 1.49 bits per heavy atom. The average molecular weight is 656 g/mol. The first-order chi connectivity index (χ1) is 20.1. The Morgan fingerprint density at radius 1 is 0.674 bits per heavy atom. The molecular formula is C31H46ClN3O6S2. The predicted molar refractivity (Wildman–Crippen MR) is 172 cm³/mol. The Labute approximate surface area is 264 Å². The maximum atomic E-state index is 13.8. The molecule has 12 heteroatoms. The fourth-order valence-electron chi connectivity index (χ4n) is 5.88. The zero-order chi connectivity index (χ0) is 30.2. The summed E-state index contributed by atoms with van der Waals surface area (Å²) in [7, 11) is -4.63. The highest BCUT2D eigenvalue weighted by atomic mass is 35.5. The van der Waals surface area contributed by atoms with Gasteiger partial charge in [-0.2, -0.15) is 8.61 Å². The summed E-state index contributed by atoms with van der Waals surface area (Å²) in [6.45, 7) is 7.31. The lowest BCUT2D eigenvalue weighted by atomic mass is 9.89. The molecule has 0 aromatic heterocycles. The van der Waals surface area contributed by atoms with Gasteiger partial charge in [-0.1, -0.05) is 25.8 Å². The van der Waals surface area contributed by atoms with Crippen LogP contribution in [0.1, 0.15) is 44.9 Å². The minimum Gasteiger partial charge on any atom is -0.497 e.